The van der Waals surface area contributed by atoms with E-state index in [1.54, 1.807) is 27.6 Å². The van der Waals surface area contributed by atoms with Gasteiger partial charge in [0, 0.05) is 46.5 Å². The zero-order valence-corrected chi connectivity index (χ0v) is 44.6. The van der Waals surface area contributed by atoms with E-state index in [-0.39, 0.29) is 60.6 Å². The number of amides is 4. The molecule has 0 bridgehead atoms. The molecule has 72 heavy (non-hydrogen) atoms. The number of aryl methyl sites for hydroxylation is 3. The molecule has 2 aliphatic heterocycles. The lowest BCUT2D eigenvalue weighted by Gasteiger charge is -2.36. The molecule has 3 aliphatic rings. The first kappa shape index (κ1) is 50.7. The average Bonchev–Trinajstić information content (AvgIpc) is 4.10. The minimum atomic E-state index is -0.848. The number of fused-ring (bicyclic) bond motifs is 3. The van der Waals surface area contributed by atoms with Gasteiger partial charge in [0.2, 0.25) is 23.6 Å². The van der Waals surface area contributed by atoms with Gasteiger partial charge >= 0.3 is 0 Å². The van der Waals surface area contributed by atoms with Crippen molar-refractivity contribution in [2.45, 2.75) is 131 Å². The molecule has 9 rings (SSSR count). The molecule has 2 fully saturated rings. The summed E-state index contributed by atoms with van der Waals surface area (Å²) < 4.78 is 8.32. The smallest absolute Gasteiger partial charge is 0.246 e. The molecule has 0 spiro atoms. The van der Waals surface area contributed by atoms with Crippen LogP contribution >= 0.6 is 34.3 Å². The van der Waals surface area contributed by atoms with Crippen LogP contribution < -0.4 is 20.7 Å². The number of thiazole rings is 1. The Labute approximate surface area is 434 Å². The van der Waals surface area contributed by atoms with Crippen molar-refractivity contribution in [2.75, 3.05) is 6.54 Å². The van der Waals surface area contributed by atoms with E-state index in [9.17, 15) is 19.2 Å². The summed E-state index contributed by atoms with van der Waals surface area (Å²) in [5, 5.41) is 20.0. The monoisotopic (exact) mass is 1030 g/mol. The first-order valence-corrected chi connectivity index (χ1v) is 26.7. The Morgan fingerprint density at radius 2 is 1.57 bits per heavy atom. The van der Waals surface area contributed by atoms with Crippen LogP contribution in [-0.2, 0) is 25.6 Å². The van der Waals surface area contributed by atoms with Gasteiger partial charge in [-0.25, -0.2) is 4.98 Å². The number of ether oxygens (including phenoxy) is 1. The van der Waals surface area contributed by atoms with E-state index in [1.165, 1.54) is 4.88 Å². The highest BCUT2D eigenvalue weighted by Crippen LogP contribution is 2.40. The minimum absolute atomic E-state index is 0.0554. The third-order valence-electron chi connectivity index (χ3n) is 14.1. The quantitative estimate of drug-likeness (QED) is 0.0968. The number of nitrogens with one attached hydrogen (secondary N) is 3. The van der Waals surface area contributed by atoms with Crippen LogP contribution in [0.2, 0.25) is 5.02 Å². The van der Waals surface area contributed by atoms with Crippen LogP contribution in [0.25, 0.3) is 15.4 Å². The molecule has 1 saturated carbocycles. The minimum Gasteiger partial charge on any atom is -0.490 e. The zero-order chi connectivity index (χ0) is 51.2. The van der Waals surface area contributed by atoms with E-state index in [0.29, 0.717) is 42.4 Å². The first-order chi connectivity index (χ1) is 34.3. The fourth-order valence-electron chi connectivity index (χ4n) is 9.90. The highest BCUT2D eigenvalue weighted by atomic mass is 35.5. The van der Waals surface area contributed by atoms with Crippen molar-refractivity contribution < 1.29 is 23.9 Å². The predicted molar refractivity (Wildman–Crippen MR) is 283 cm³/mol. The number of hydrogen-bond acceptors (Lipinski definition) is 11. The number of hydrogen-bond donors (Lipinski definition) is 3. The first-order valence-electron chi connectivity index (χ1n) is 24.6. The van der Waals surface area contributed by atoms with Crippen molar-refractivity contribution in [3.8, 4) is 21.2 Å². The number of thiophene rings is 1. The molecule has 17 heteroatoms. The Morgan fingerprint density at radius 3 is 2.24 bits per heavy atom. The summed E-state index contributed by atoms with van der Waals surface area (Å²) in [4.78, 5) is 69.1. The number of aliphatic imine (C=N–C) groups is 1. The van der Waals surface area contributed by atoms with Crippen LogP contribution in [0.5, 0.6) is 5.75 Å². The Bertz CT molecular complexity index is 3020. The molecule has 5 atom stereocenters. The van der Waals surface area contributed by atoms with Crippen LogP contribution in [0.3, 0.4) is 0 Å². The normalized spacial score (nSPS) is 20.3. The van der Waals surface area contributed by atoms with Crippen LogP contribution in [0, 0.1) is 39.0 Å². The van der Waals surface area contributed by atoms with Crippen LogP contribution in [-0.4, -0.2) is 84.8 Å². The number of carbonyl (C=O) groups excluding carboxylic acids is 4. The molecule has 1 saturated heterocycles. The second kappa shape index (κ2) is 20.7. The fourth-order valence-corrected chi connectivity index (χ4v) is 12.0. The lowest BCUT2D eigenvalue weighted by molar-refractivity contribution is -0.144. The number of benzene rings is 3. The standard InChI is InChI=1S/C55H62ClN9O5S2/c1-29-22-44(52(68)58-31(3)36-12-14-38(15-13-36)49-32(4)57-28-71-49)64(27-29)53(69)50(55(7,8)9)61-45(66)23-35-10-20-41(21-11-35)70-42-24-40(25-42)59-46(67)26-43-51-63-62-34(6)65(51)54-47(30(2)33(5)72-54)48(60-43)37-16-18-39(56)19-17-37/h10-21,28-29,31,40,42-44,50H,22-27H2,1-9H3,(H,58,68)(H,59,67)(H,61,66)/t29-,31+,40?,42?,43+,44+,50-/m1/s1. The number of likely N-dealkylation sites (tertiary alicyclic amines) is 1. The van der Waals surface area contributed by atoms with E-state index in [4.69, 9.17) is 21.3 Å². The maximum atomic E-state index is 14.4. The second-order valence-corrected chi connectivity index (χ2v) is 23.2. The zero-order valence-electron chi connectivity index (χ0n) is 42.2. The molecule has 6 aromatic rings. The summed E-state index contributed by atoms with van der Waals surface area (Å²) in [6.07, 6.45) is 1.90. The van der Waals surface area contributed by atoms with Gasteiger partial charge in [0.15, 0.2) is 5.82 Å². The summed E-state index contributed by atoms with van der Waals surface area (Å²) in [6, 6.07) is 20.8. The van der Waals surface area contributed by atoms with Gasteiger partial charge in [0.1, 0.15) is 40.8 Å². The molecule has 3 aromatic carbocycles. The molecule has 14 nitrogen and oxygen atoms in total. The highest BCUT2D eigenvalue weighted by molar-refractivity contribution is 7.15. The Balaban J connectivity index is 0.768. The van der Waals surface area contributed by atoms with Crippen molar-refractivity contribution in [3.63, 3.8) is 0 Å². The molecule has 4 amide bonds. The summed E-state index contributed by atoms with van der Waals surface area (Å²) >= 11 is 9.54. The Morgan fingerprint density at radius 1 is 0.875 bits per heavy atom. The van der Waals surface area contributed by atoms with Crippen molar-refractivity contribution in [1.29, 1.82) is 0 Å². The molecule has 376 valence electrons. The molecule has 0 unspecified atom stereocenters. The predicted octanol–water partition coefficient (Wildman–Crippen LogP) is 9.54. The summed E-state index contributed by atoms with van der Waals surface area (Å²) in [5.41, 5.74) is 8.86. The molecule has 3 N–H and O–H groups in total. The van der Waals surface area contributed by atoms with Crippen molar-refractivity contribution >= 4 is 63.6 Å². The van der Waals surface area contributed by atoms with Gasteiger partial charge in [-0.3, -0.25) is 28.7 Å². The van der Waals surface area contributed by atoms with Gasteiger partial charge in [-0.1, -0.05) is 87.8 Å². The number of halogens is 1. The fraction of sp³-hybridized carbons (Fsp3) is 0.418. The number of aromatic nitrogens is 4. The Kier molecular flexibility index (Phi) is 14.6. The molecular formula is C55H62ClN9O5S2. The van der Waals surface area contributed by atoms with Gasteiger partial charge in [0.25, 0.3) is 0 Å². The van der Waals surface area contributed by atoms with Gasteiger partial charge in [0.05, 0.1) is 40.7 Å². The maximum Gasteiger partial charge on any atom is 0.246 e. The molecular weight excluding hydrogens is 966 g/mol. The van der Waals surface area contributed by atoms with Crippen LogP contribution in [0.1, 0.15) is 122 Å². The topological polar surface area (TPSA) is 173 Å². The summed E-state index contributed by atoms with van der Waals surface area (Å²) in [5.74, 6) is 1.25. The van der Waals surface area contributed by atoms with E-state index < -0.39 is 23.5 Å². The van der Waals surface area contributed by atoms with E-state index in [2.05, 4.69) is 45.0 Å². The summed E-state index contributed by atoms with van der Waals surface area (Å²) in [6.45, 7) is 18.3. The highest BCUT2D eigenvalue weighted by Gasteiger charge is 2.44. The third-order valence-corrected chi connectivity index (χ3v) is 16.5. The lowest BCUT2D eigenvalue weighted by atomic mass is 9.85. The van der Waals surface area contributed by atoms with Gasteiger partial charge in [-0.15, -0.1) is 32.9 Å². The van der Waals surface area contributed by atoms with Gasteiger partial charge in [-0.2, -0.15) is 0 Å². The number of carbonyl (C=O) groups is 4. The van der Waals surface area contributed by atoms with E-state index in [0.717, 1.165) is 60.5 Å². The van der Waals surface area contributed by atoms with Gasteiger partial charge < -0.3 is 25.6 Å². The van der Waals surface area contributed by atoms with Crippen LogP contribution in [0.15, 0.2) is 83.3 Å². The molecule has 3 aromatic heterocycles. The summed E-state index contributed by atoms with van der Waals surface area (Å²) in [7, 11) is 0. The second-order valence-electron chi connectivity index (χ2n) is 20.7. The van der Waals surface area contributed by atoms with Crippen molar-refractivity contribution in [2.24, 2.45) is 16.3 Å². The number of nitrogens with zero attached hydrogens (tertiary/aromatic N) is 6. The number of rotatable bonds is 14. The molecule has 1 aliphatic carbocycles. The van der Waals surface area contributed by atoms with Crippen molar-refractivity contribution in [1.82, 2.24) is 40.6 Å². The van der Waals surface area contributed by atoms with Crippen LogP contribution in [0.4, 0.5) is 0 Å². The average molecular weight is 1030 g/mol. The maximum absolute atomic E-state index is 14.4. The molecule has 0 radical (unpaired) electrons. The largest absolute Gasteiger partial charge is 0.490 e. The van der Waals surface area contributed by atoms with E-state index >= 15 is 0 Å². The Hall–Kier alpha value is -6.23. The third kappa shape index (κ3) is 10.8. The van der Waals surface area contributed by atoms with Crippen molar-refractivity contribution in [3.05, 3.63) is 133 Å². The van der Waals surface area contributed by atoms with Gasteiger partial charge in [-0.05, 0) is 98.9 Å². The van der Waals surface area contributed by atoms with E-state index in [1.807, 2.05) is 131 Å². The molecule has 5 heterocycles. The SMILES string of the molecule is Cc1ncsc1-c1ccc([C@H](C)NC(=O)[C@@H]2C[C@@H](C)CN2C(=O)[C@@H](NC(=O)Cc2ccc(OC3CC(NC(=O)C[C@@H]4N=C(c5ccc(Cl)cc5)c5c(sc(C)c5C)-n5c(C)nnc54)C3)cc2)C(C)(C)C)cc1. The lowest BCUT2D eigenvalue weighted by Crippen LogP contribution is -2.58.